The van der Waals surface area contributed by atoms with Crippen molar-refractivity contribution in [3.05, 3.63) is 60.5 Å². The molecule has 0 bridgehead atoms. The van der Waals surface area contributed by atoms with Crippen molar-refractivity contribution in [3.63, 3.8) is 0 Å². The van der Waals surface area contributed by atoms with Gasteiger partial charge in [0.15, 0.2) is 0 Å². The van der Waals surface area contributed by atoms with Crippen molar-refractivity contribution in [1.29, 1.82) is 0 Å². The second-order valence-electron chi connectivity index (χ2n) is 5.57. The van der Waals surface area contributed by atoms with Crippen molar-refractivity contribution < 1.29 is 19.1 Å². The monoisotopic (exact) mass is 546 g/mol. The molecule has 0 aliphatic carbocycles. The summed E-state index contributed by atoms with van der Waals surface area (Å²) in [5.74, 6) is -1.02. The average Bonchev–Trinajstić information content (AvgIpc) is 2.61. The first-order valence-electron chi connectivity index (χ1n) is 7.62. The molecule has 1 aliphatic heterocycles. The Morgan fingerprint density at radius 2 is 1.68 bits per heavy atom. The van der Waals surface area contributed by atoms with Crippen LogP contribution in [0.15, 0.2) is 44.9 Å². The van der Waals surface area contributed by atoms with E-state index in [0.717, 1.165) is 4.90 Å². The topological polar surface area (TPSA) is 75.7 Å². The van der Waals surface area contributed by atoms with E-state index in [2.05, 4.69) is 37.2 Å². The number of carbonyl (C=O) groups excluding carboxylic acids is 3. The van der Waals surface area contributed by atoms with Gasteiger partial charge in [-0.2, -0.15) is 0 Å². The maximum Gasteiger partial charge on any atom is 0.335 e. The number of amides is 4. The number of hydrogen-bond acceptors (Lipinski definition) is 4. The first-order chi connectivity index (χ1) is 13.2. The largest absolute Gasteiger partial charge is 0.494 e. The molecule has 3 rings (SSSR count). The van der Waals surface area contributed by atoms with Crippen LogP contribution in [0.25, 0.3) is 6.08 Å². The van der Waals surface area contributed by atoms with Crippen LogP contribution in [0.1, 0.15) is 5.56 Å². The lowest BCUT2D eigenvalue weighted by Gasteiger charge is -2.26. The lowest BCUT2D eigenvalue weighted by Crippen LogP contribution is -2.54. The third-order valence-electron chi connectivity index (χ3n) is 3.80. The molecule has 0 radical (unpaired) electrons. The number of methoxy groups -OCH3 is 1. The van der Waals surface area contributed by atoms with Crippen molar-refractivity contribution in [3.8, 4) is 5.75 Å². The summed E-state index contributed by atoms with van der Waals surface area (Å²) in [7, 11) is 1.52. The van der Waals surface area contributed by atoms with E-state index >= 15 is 0 Å². The summed E-state index contributed by atoms with van der Waals surface area (Å²) in [6.07, 6.45) is 1.38. The van der Waals surface area contributed by atoms with Crippen molar-refractivity contribution in [2.75, 3.05) is 12.0 Å². The van der Waals surface area contributed by atoms with Gasteiger partial charge in [-0.3, -0.25) is 14.9 Å². The minimum Gasteiger partial charge on any atom is -0.494 e. The number of nitrogens with zero attached hydrogens (tertiary/aromatic N) is 1. The van der Waals surface area contributed by atoms with E-state index in [1.54, 1.807) is 12.1 Å². The second-order valence-corrected chi connectivity index (χ2v) is 8.10. The van der Waals surface area contributed by atoms with Gasteiger partial charge in [-0.05, 0) is 73.8 Å². The van der Waals surface area contributed by atoms with Gasteiger partial charge < -0.3 is 4.74 Å². The standard InChI is InChI=1S/C18H10Br2Cl2N2O4/c1-28-15-11(19)5-8(6-12(15)20)4-10-16(25)23-18(27)24(17(10)26)9-2-3-13(21)14(22)7-9/h2-7H,1H3,(H,23,25,27)/b10-4+. The molecular weight excluding hydrogens is 539 g/mol. The Morgan fingerprint density at radius 3 is 2.25 bits per heavy atom. The average molecular weight is 549 g/mol. The van der Waals surface area contributed by atoms with E-state index in [0.29, 0.717) is 20.3 Å². The number of urea groups is 1. The molecular formula is C18H10Br2Cl2N2O4. The van der Waals surface area contributed by atoms with Crippen LogP contribution in [0, 0.1) is 0 Å². The zero-order chi connectivity index (χ0) is 20.6. The van der Waals surface area contributed by atoms with Crippen molar-refractivity contribution >= 4 is 84.7 Å². The molecule has 0 saturated carbocycles. The Balaban J connectivity index is 2.05. The Labute approximate surface area is 186 Å². The molecule has 0 atom stereocenters. The summed E-state index contributed by atoms with van der Waals surface area (Å²) in [4.78, 5) is 38.2. The van der Waals surface area contributed by atoms with E-state index in [1.165, 1.54) is 31.4 Å². The molecule has 4 amide bonds. The molecule has 0 unspecified atom stereocenters. The number of nitrogens with one attached hydrogen (secondary N) is 1. The van der Waals surface area contributed by atoms with Gasteiger partial charge in [0.2, 0.25) is 0 Å². The van der Waals surface area contributed by atoms with E-state index in [-0.39, 0.29) is 21.3 Å². The van der Waals surface area contributed by atoms with Crippen LogP contribution >= 0.6 is 55.1 Å². The smallest absolute Gasteiger partial charge is 0.335 e. The van der Waals surface area contributed by atoms with Crippen molar-refractivity contribution in [2.45, 2.75) is 0 Å². The molecule has 2 aromatic carbocycles. The highest BCUT2D eigenvalue weighted by molar-refractivity contribution is 9.11. The molecule has 1 N–H and O–H groups in total. The van der Waals surface area contributed by atoms with Crippen LogP contribution in [0.3, 0.4) is 0 Å². The summed E-state index contributed by atoms with van der Waals surface area (Å²) < 4.78 is 6.48. The van der Waals surface area contributed by atoms with E-state index < -0.39 is 17.8 Å². The van der Waals surface area contributed by atoms with Gasteiger partial charge in [0, 0.05) is 0 Å². The summed E-state index contributed by atoms with van der Waals surface area (Å²) >= 11 is 18.6. The zero-order valence-electron chi connectivity index (χ0n) is 14.1. The normalized spacial score (nSPS) is 15.8. The van der Waals surface area contributed by atoms with Gasteiger partial charge in [-0.15, -0.1) is 0 Å². The van der Waals surface area contributed by atoms with Crippen molar-refractivity contribution in [2.24, 2.45) is 0 Å². The maximum absolute atomic E-state index is 12.9. The highest BCUT2D eigenvalue weighted by Crippen LogP contribution is 2.35. The fourth-order valence-electron chi connectivity index (χ4n) is 2.54. The molecule has 144 valence electrons. The number of ether oxygens (including phenoxy) is 1. The molecule has 10 heteroatoms. The third kappa shape index (κ3) is 3.96. The van der Waals surface area contributed by atoms with E-state index in [9.17, 15) is 14.4 Å². The van der Waals surface area contributed by atoms with Gasteiger partial charge in [0.25, 0.3) is 11.8 Å². The first kappa shape index (κ1) is 20.9. The zero-order valence-corrected chi connectivity index (χ0v) is 18.7. The fourth-order valence-corrected chi connectivity index (χ4v) is 4.38. The lowest BCUT2D eigenvalue weighted by molar-refractivity contribution is -0.122. The van der Waals surface area contributed by atoms with Gasteiger partial charge in [0.1, 0.15) is 11.3 Å². The number of anilines is 1. The molecule has 0 spiro atoms. The lowest BCUT2D eigenvalue weighted by atomic mass is 10.1. The SMILES string of the molecule is COc1c(Br)cc(/C=C2\C(=O)NC(=O)N(c3ccc(Cl)c(Cl)c3)C2=O)cc1Br. The number of benzene rings is 2. The Hall–Kier alpha value is -1.87. The van der Waals surface area contributed by atoms with Crippen LogP contribution in [0.5, 0.6) is 5.75 Å². The predicted octanol–water partition coefficient (Wildman–Crippen LogP) is 5.19. The van der Waals surface area contributed by atoms with Gasteiger partial charge >= 0.3 is 6.03 Å². The number of rotatable bonds is 3. The summed E-state index contributed by atoms with van der Waals surface area (Å²) in [5.41, 5.74) is 0.517. The van der Waals surface area contributed by atoms with Crippen LogP contribution in [-0.4, -0.2) is 25.0 Å². The number of barbiturate groups is 1. The molecule has 6 nitrogen and oxygen atoms in total. The molecule has 1 fully saturated rings. The second kappa shape index (κ2) is 8.24. The number of hydrogen-bond donors (Lipinski definition) is 1. The minimum atomic E-state index is -0.873. The van der Waals surface area contributed by atoms with Gasteiger partial charge in [-0.1, -0.05) is 23.2 Å². The maximum atomic E-state index is 12.9. The Kier molecular flexibility index (Phi) is 6.14. The Morgan fingerprint density at radius 1 is 1.04 bits per heavy atom. The van der Waals surface area contributed by atoms with Crippen LogP contribution in [0.2, 0.25) is 10.0 Å². The predicted molar refractivity (Wildman–Crippen MR) is 114 cm³/mol. The summed E-state index contributed by atoms with van der Waals surface area (Å²) in [5, 5.41) is 2.59. The number of halogens is 4. The van der Waals surface area contributed by atoms with E-state index in [4.69, 9.17) is 27.9 Å². The molecule has 1 aliphatic rings. The number of imide groups is 2. The van der Waals surface area contributed by atoms with Gasteiger partial charge in [-0.25, -0.2) is 9.69 Å². The molecule has 28 heavy (non-hydrogen) atoms. The van der Waals surface area contributed by atoms with E-state index in [1.807, 2.05) is 0 Å². The highest BCUT2D eigenvalue weighted by atomic mass is 79.9. The quantitative estimate of drug-likeness (QED) is 0.423. The molecule has 0 aromatic heterocycles. The third-order valence-corrected chi connectivity index (χ3v) is 5.72. The molecule has 1 heterocycles. The van der Waals surface area contributed by atoms with Crippen LogP contribution in [-0.2, 0) is 9.59 Å². The van der Waals surface area contributed by atoms with Gasteiger partial charge in [0.05, 0.1) is 31.8 Å². The Bertz CT molecular complexity index is 1030. The van der Waals surface area contributed by atoms with Crippen LogP contribution in [0.4, 0.5) is 10.5 Å². The molecule has 2 aromatic rings. The number of carbonyl (C=O) groups is 3. The first-order valence-corrected chi connectivity index (χ1v) is 9.96. The summed E-state index contributed by atoms with van der Waals surface area (Å²) in [6.45, 7) is 0. The summed E-state index contributed by atoms with van der Waals surface area (Å²) in [6, 6.07) is 6.77. The van der Waals surface area contributed by atoms with Crippen molar-refractivity contribution in [1.82, 2.24) is 5.32 Å². The highest BCUT2D eigenvalue weighted by Gasteiger charge is 2.37. The van der Waals surface area contributed by atoms with Crippen LogP contribution < -0.4 is 15.0 Å². The molecule has 1 saturated heterocycles. The minimum absolute atomic E-state index is 0.171. The fraction of sp³-hybridized carbons (Fsp3) is 0.0556.